The summed E-state index contributed by atoms with van der Waals surface area (Å²) in [6.45, 7) is 5.01. The summed E-state index contributed by atoms with van der Waals surface area (Å²) in [5.74, 6) is -1.94. The van der Waals surface area contributed by atoms with Crippen LogP contribution in [0.15, 0.2) is 48.5 Å². The molecule has 7 heteroatoms. The number of amides is 3. The van der Waals surface area contributed by atoms with Crippen LogP contribution in [0.2, 0.25) is 0 Å². The predicted octanol–water partition coefficient (Wildman–Crippen LogP) is 2.88. The van der Waals surface area contributed by atoms with Crippen LogP contribution in [0.5, 0.6) is 0 Å². The van der Waals surface area contributed by atoms with Crippen LogP contribution in [0.4, 0.5) is 5.69 Å². The molecular formula is C21H20N2O5. The van der Waals surface area contributed by atoms with E-state index in [1.165, 1.54) is 19.1 Å². The summed E-state index contributed by atoms with van der Waals surface area (Å²) < 4.78 is 5.11. The third-order valence-electron chi connectivity index (χ3n) is 4.32. The Morgan fingerprint density at radius 1 is 0.893 bits per heavy atom. The Hall–Kier alpha value is -3.48. The second kappa shape index (κ2) is 7.64. The van der Waals surface area contributed by atoms with Gasteiger partial charge in [-0.1, -0.05) is 12.1 Å². The average molecular weight is 380 g/mol. The molecule has 144 valence electrons. The molecule has 3 amide bonds. The zero-order chi connectivity index (χ0) is 20.4. The van der Waals surface area contributed by atoms with Crippen molar-refractivity contribution < 1.29 is 23.9 Å². The number of nitrogens with zero attached hydrogens (tertiary/aromatic N) is 1. The molecule has 1 heterocycles. The molecular weight excluding hydrogens is 360 g/mol. The number of nitrogens with one attached hydrogen (secondary N) is 1. The highest BCUT2D eigenvalue weighted by Gasteiger charge is 2.40. The number of imide groups is 1. The normalized spacial score (nSPS) is 14.1. The molecule has 7 nitrogen and oxygen atoms in total. The van der Waals surface area contributed by atoms with Crippen LogP contribution < -0.4 is 5.32 Å². The molecule has 2 aromatic rings. The van der Waals surface area contributed by atoms with Crippen LogP contribution in [0.3, 0.4) is 0 Å². The van der Waals surface area contributed by atoms with Crippen LogP contribution >= 0.6 is 0 Å². The van der Waals surface area contributed by atoms with E-state index in [2.05, 4.69) is 5.32 Å². The average Bonchev–Trinajstić information content (AvgIpc) is 2.92. The monoisotopic (exact) mass is 380 g/mol. The first-order chi connectivity index (χ1) is 13.3. The number of anilines is 1. The molecule has 0 radical (unpaired) electrons. The van der Waals surface area contributed by atoms with Gasteiger partial charge in [-0.15, -0.1) is 0 Å². The van der Waals surface area contributed by atoms with Crippen molar-refractivity contribution in [2.75, 3.05) is 5.32 Å². The SMILES string of the molecule is CC(C)OC(=O)c1ccc(NC(=O)[C@@H](C)N2C(=O)c3ccccc3C2=O)cc1. The van der Waals surface area contributed by atoms with E-state index in [1.54, 1.807) is 50.2 Å². The van der Waals surface area contributed by atoms with Crippen molar-refractivity contribution in [1.82, 2.24) is 4.90 Å². The number of esters is 1. The third-order valence-corrected chi connectivity index (χ3v) is 4.32. The number of hydrogen-bond acceptors (Lipinski definition) is 5. The number of carbonyl (C=O) groups excluding carboxylic acids is 4. The summed E-state index contributed by atoms with van der Waals surface area (Å²) in [5.41, 5.74) is 1.38. The van der Waals surface area contributed by atoms with Gasteiger partial charge in [0.15, 0.2) is 0 Å². The van der Waals surface area contributed by atoms with E-state index in [0.29, 0.717) is 22.4 Å². The number of ether oxygens (including phenoxy) is 1. The van der Waals surface area contributed by atoms with E-state index < -0.39 is 29.7 Å². The molecule has 28 heavy (non-hydrogen) atoms. The first-order valence-electron chi connectivity index (χ1n) is 8.88. The van der Waals surface area contributed by atoms with E-state index >= 15 is 0 Å². The van der Waals surface area contributed by atoms with Crippen molar-refractivity contribution >= 4 is 29.4 Å². The molecule has 0 bridgehead atoms. The molecule has 1 aliphatic rings. The summed E-state index contributed by atoms with van der Waals surface area (Å²) >= 11 is 0. The van der Waals surface area contributed by atoms with E-state index in [0.717, 1.165) is 4.90 Å². The second-order valence-corrected chi connectivity index (χ2v) is 6.72. The molecule has 1 aliphatic heterocycles. The van der Waals surface area contributed by atoms with E-state index in [-0.39, 0.29) is 6.10 Å². The maximum absolute atomic E-state index is 12.6. The van der Waals surface area contributed by atoms with Crippen molar-refractivity contribution in [3.63, 3.8) is 0 Å². The fourth-order valence-electron chi connectivity index (χ4n) is 2.90. The Morgan fingerprint density at radius 2 is 1.43 bits per heavy atom. The summed E-state index contributed by atoms with van der Waals surface area (Å²) in [6.07, 6.45) is -0.229. The van der Waals surface area contributed by atoms with Gasteiger partial charge in [-0.3, -0.25) is 19.3 Å². The molecule has 0 fully saturated rings. The summed E-state index contributed by atoms with van der Waals surface area (Å²) in [6, 6.07) is 11.7. The third kappa shape index (κ3) is 3.64. The summed E-state index contributed by atoms with van der Waals surface area (Å²) in [5, 5.41) is 2.66. The highest BCUT2D eigenvalue weighted by molar-refractivity contribution is 6.23. The molecule has 0 unspecified atom stereocenters. The zero-order valence-electron chi connectivity index (χ0n) is 15.8. The van der Waals surface area contributed by atoms with Crippen molar-refractivity contribution in [3.8, 4) is 0 Å². The van der Waals surface area contributed by atoms with Crippen molar-refractivity contribution in [2.45, 2.75) is 32.9 Å². The smallest absolute Gasteiger partial charge is 0.338 e. The molecule has 0 aromatic heterocycles. The first kappa shape index (κ1) is 19.3. The lowest BCUT2D eigenvalue weighted by atomic mass is 10.1. The van der Waals surface area contributed by atoms with Gasteiger partial charge in [0, 0.05) is 5.69 Å². The van der Waals surface area contributed by atoms with Gasteiger partial charge in [-0.25, -0.2) is 4.79 Å². The maximum Gasteiger partial charge on any atom is 0.338 e. The molecule has 0 aliphatic carbocycles. The van der Waals surface area contributed by atoms with E-state index in [9.17, 15) is 19.2 Å². The van der Waals surface area contributed by atoms with Gasteiger partial charge in [-0.2, -0.15) is 0 Å². The van der Waals surface area contributed by atoms with Crippen LogP contribution in [-0.4, -0.2) is 40.7 Å². The Bertz CT molecular complexity index is 915. The summed E-state index contributed by atoms with van der Waals surface area (Å²) in [7, 11) is 0. The van der Waals surface area contributed by atoms with Gasteiger partial charge in [0.2, 0.25) is 5.91 Å². The molecule has 3 rings (SSSR count). The topological polar surface area (TPSA) is 92.8 Å². The van der Waals surface area contributed by atoms with Gasteiger partial charge >= 0.3 is 5.97 Å². The molecule has 0 saturated carbocycles. The maximum atomic E-state index is 12.6. The Balaban J connectivity index is 1.69. The zero-order valence-corrected chi connectivity index (χ0v) is 15.8. The minimum atomic E-state index is -0.988. The van der Waals surface area contributed by atoms with Crippen molar-refractivity contribution in [3.05, 3.63) is 65.2 Å². The highest BCUT2D eigenvalue weighted by atomic mass is 16.5. The Labute approximate surface area is 162 Å². The standard InChI is InChI=1S/C21H20N2O5/c1-12(2)28-21(27)14-8-10-15(11-9-14)22-18(24)13(3)23-19(25)16-6-4-5-7-17(16)20(23)26/h4-13H,1-3H3,(H,22,24)/t13-/m1/s1. The number of rotatable bonds is 5. The van der Waals surface area contributed by atoms with Crippen LogP contribution in [0.25, 0.3) is 0 Å². The minimum absolute atomic E-state index is 0.229. The largest absolute Gasteiger partial charge is 0.459 e. The molecule has 2 aromatic carbocycles. The van der Waals surface area contributed by atoms with Crippen molar-refractivity contribution in [2.24, 2.45) is 0 Å². The van der Waals surface area contributed by atoms with Gasteiger partial charge in [-0.05, 0) is 57.2 Å². The van der Waals surface area contributed by atoms with Gasteiger partial charge < -0.3 is 10.1 Å². The lowest BCUT2D eigenvalue weighted by molar-refractivity contribution is -0.119. The molecule has 0 saturated heterocycles. The first-order valence-corrected chi connectivity index (χ1v) is 8.88. The number of hydrogen-bond donors (Lipinski definition) is 1. The molecule has 0 spiro atoms. The number of carbonyl (C=O) groups is 4. The van der Waals surface area contributed by atoms with Crippen LogP contribution in [0, 0.1) is 0 Å². The van der Waals surface area contributed by atoms with Gasteiger partial charge in [0.25, 0.3) is 11.8 Å². The fourth-order valence-corrected chi connectivity index (χ4v) is 2.90. The minimum Gasteiger partial charge on any atom is -0.459 e. The molecule has 1 atom stereocenters. The Kier molecular flexibility index (Phi) is 5.26. The van der Waals surface area contributed by atoms with Gasteiger partial charge in [0.1, 0.15) is 6.04 Å². The fraction of sp³-hybridized carbons (Fsp3) is 0.238. The quantitative estimate of drug-likeness (QED) is 0.636. The number of benzene rings is 2. The molecule has 1 N–H and O–H groups in total. The van der Waals surface area contributed by atoms with Crippen LogP contribution in [0.1, 0.15) is 51.8 Å². The van der Waals surface area contributed by atoms with E-state index in [1.807, 2.05) is 0 Å². The lowest BCUT2D eigenvalue weighted by Gasteiger charge is -2.21. The van der Waals surface area contributed by atoms with Crippen LogP contribution in [-0.2, 0) is 9.53 Å². The predicted molar refractivity (Wildman–Crippen MR) is 102 cm³/mol. The van der Waals surface area contributed by atoms with Gasteiger partial charge in [0.05, 0.1) is 22.8 Å². The highest BCUT2D eigenvalue weighted by Crippen LogP contribution is 2.25. The lowest BCUT2D eigenvalue weighted by Crippen LogP contribution is -2.45. The Morgan fingerprint density at radius 3 is 1.93 bits per heavy atom. The number of fused-ring (bicyclic) bond motifs is 1. The second-order valence-electron chi connectivity index (χ2n) is 6.72. The van der Waals surface area contributed by atoms with Crippen molar-refractivity contribution in [1.29, 1.82) is 0 Å². The summed E-state index contributed by atoms with van der Waals surface area (Å²) in [4.78, 5) is 50.3. The van der Waals surface area contributed by atoms with E-state index in [4.69, 9.17) is 4.74 Å².